The van der Waals surface area contributed by atoms with Crippen LogP contribution in [0.3, 0.4) is 0 Å². The molecule has 162 valence electrons. The van der Waals surface area contributed by atoms with Gasteiger partial charge in [0.1, 0.15) is 11.3 Å². The summed E-state index contributed by atoms with van der Waals surface area (Å²) in [4.78, 5) is 21.3. The largest absolute Gasteiger partial charge is 0.494 e. The average Bonchev–Trinajstić information content (AvgIpc) is 3.34. The van der Waals surface area contributed by atoms with E-state index in [4.69, 9.17) is 9.15 Å². The number of benzene rings is 2. The van der Waals surface area contributed by atoms with Gasteiger partial charge in [-0.1, -0.05) is 36.4 Å². The molecule has 10 heteroatoms. The van der Waals surface area contributed by atoms with E-state index in [0.717, 1.165) is 4.52 Å². The fourth-order valence-corrected chi connectivity index (χ4v) is 3.73. The maximum atomic E-state index is 14.1. The van der Waals surface area contributed by atoms with Crippen molar-refractivity contribution in [2.24, 2.45) is 0 Å². The van der Waals surface area contributed by atoms with Gasteiger partial charge in [-0.25, -0.2) is 14.5 Å². The number of nitrogens with one attached hydrogen (secondary N) is 1. The van der Waals surface area contributed by atoms with Crippen LogP contribution in [0.25, 0.3) is 39.3 Å². The van der Waals surface area contributed by atoms with Gasteiger partial charge < -0.3 is 9.15 Å². The third-order valence-corrected chi connectivity index (χ3v) is 5.11. The Morgan fingerprint density at radius 3 is 2.47 bits per heavy atom. The molecule has 0 aliphatic carbocycles. The summed E-state index contributed by atoms with van der Waals surface area (Å²) in [5.41, 5.74) is -1.35. The van der Waals surface area contributed by atoms with Crippen LogP contribution >= 0.6 is 0 Å². The second-order valence-corrected chi connectivity index (χ2v) is 7.10. The molecule has 3 heterocycles. The Morgan fingerprint density at radius 2 is 1.78 bits per heavy atom. The zero-order valence-electron chi connectivity index (χ0n) is 16.8. The van der Waals surface area contributed by atoms with Gasteiger partial charge in [0, 0.05) is 11.3 Å². The molecule has 0 amide bonds. The number of para-hydroxylation sites is 1. The summed E-state index contributed by atoms with van der Waals surface area (Å²) in [5, 5.41) is 2.82. The molecule has 0 aliphatic rings. The van der Waals surface area contributed by atoms with Crippen LogP contribution in [0.15, 0.2) is 57.7 Å². The Hall–Kier alpha value is -4.08. The Labute approximate surface area is 178 Å². The van der Waals surface area contributed by atoms with E-state index < -0.39 is 28.9 Å². The van der Waals surface area contributed by atoms with Gasteiger partial charge in [0.2, 0.25) is 5.89 Å². The molecule has 3 aromatic heterocycles. The molecule has 32 heavy (non-hydrogen) atoms. The molecule has 0 radical (unpaired) electrons. The van der Waals surface area contributed by atoms with Gasteiger partial charge in [-0.15, -0.1) is 0 Å². The van der Waals surface area contributed by atoms with Crippen molar-refractivity contribution in [3.63, 3.8) is 0 Å². The zero-order chi connectivity index (χ0) is 22.6. The highest BCUT2D eigenvalue weighted by Gasteiger charge is 2.40. The third-order valence-electron chi connectivity index (χ3n) is 5.11. The van der Waals surface area contributed by atoms with E-state index in [0.29, 0.717) is 22.6 Å². The number of fused-ring (bicyclic) bond motifs is 2. The average molecular weight is 440 g/mol. The van der Waals surface area contributed by atoms with Crippen LogP contribution in [-0.2, 0) is 6.18 Å². The van der Waals surface area contributed by atoms with Crippen molar-refractivity contribution in [3.8, 4) is 28.3 Å². The highest BCUT2D eigenvalue weighted by Crippen LogP contribution is 2.37. The topological polar surface area (TPSA) is 85.4 Å². The maximum Gasteiger partial charge on any atom is 0.434 e. The van der Waals surface area contributed by atoms with Crippen molar-refractivity contribution in [1.29, 1.82) is 0 Å². The predicted molar refractivity (Wildman–Crippen MR) is 111 cm³/mol. The minimum absolute atomic E-state index is 0.136. The molecule has 0 unspecified atom stereocenters. The highest BCUT2D eigenvalue weighted by atomic mass is 19.4. The summed E-state index contributed by atoms with van der Waals surface area (Å²) >= 11 is 0. The number of alkyl halides is 3. The van der Waals surface area contributed by atoms with Crippen molar-refractivity contribution in [2.45, 2.75) is 13.1 Å². The number of methoxy groups -OCH3 is 1. The second kappa shape index (κ2) is 6.98. The van der Waals surface area contributed by atoms with Crippen molar-refractivity contribution < 1.29 is 22.3 Å². The number of H-pyrrole nitrogens is 1. The Kier molecular flexibility index (Phi) is 4.33. The van der Waals surface area contributed by atoms with Crippen molar-refractivity contribution in [1.82, 2.24) is 19.6 Å². The van der Waals surface area contributed by atoms with Crippen LogP contribution in [0.1, 0.15) is 11.4 Å². The lowest BCUT2D eigenvalue weighted by molar-refractivity contribution is -0.140. The van der Waals surface area contributed by atoms with Crippen LogP contribution < -0.4 is 10.3 Å². The van der Waals surface area contributed by atoms with Crippen LogP contribution in [-0.4, -0.2) is 26.7 Å². The van der Waals surface area contributed by atoms with E-state index in [2.05, 4.69) is 15.1 Å². The minimum Gasteiger partial charge on any atom is -0.494 e. The van der Waals surface area contributed by atoms with Gasteiger partial charge >= 0.3 is 6.18 Å². The summed E-state index contributed by atoms with van der Waals surface area (Å²) in [7, 11) is 1.40. The molecule has 5 aromatic rings. The first-order chi connectivity index (χ1) is 15.3. The molecular weight excluding hydrogens is 425 g/mol. The van der Waals surface area contributed by atoms with Gasteiger partial charge in [-0.05, 0) is 24.6 Å². The zero-order valence-corrected chi connectivity index (χ0v) is 16.8. The molecule has 0 fully saturated rings. The van der Waals surface area contributed by atoms with Gasteiger partial charge in [0.15, 0.2) is 22.4 Å². The summed E-state index contributed by atoms with van der Waals surface area (Å²) < 4.78 is 53.9. The number of aromatic nitrogens is 4. The predicted octanol–water partition coefficient (Wildman–Crippen LogP) is 4.83. The number of rotatable bonds is 3. The van der Waals surface area contributed by atoms with Crippen LogP contribution in [0.2, 0.25) is 0 Å². The minimum atomic E-state index is -4.92. The van der Waals surface area contributed by atoms with Crippen molar-refractivity contribution >= 4 is 16.7 Å². The lowest BCUT2D eigenvalue weighted by Crippen LogP contribution is -2.24. The number of hydrogen-bond acceptors (Lipinski definition) is 5. The molecule has 0 aliphatic heterocycles. The highest BCUT2D eigenvalue weighted by molar-refractivity contribution is 5.84. The SMILES string of the molecule is COc1cccc2oc(-c3c(C(F)(F)F)nc4c(-c5ccccc5)c(C)[nH]n4c3=O)nc12. The molecule has 0 atom stereocenters. The maximum absolute atomic E-state index is 14.1. The lowest BCUT2D eigenvalue weighted by Gasteiger charge is -2.10. The number of oxazole rings is 1. The molecule has 1 N–H and O–H groups in total. The van der Waals surface area contributed by atoms with Gasteiger partial charge in [0.25, 0.3) is 5.56 Å². The fraction of sp³-hybridized carbons (Fsp3) is 0.136. The third kappa shape index (κ3) is 2.95. The number of aryl methyl sites for hydroxylation is 1. The number of halogens is 3. The molecule has 7 nitrogen and oxygen atoms in total. The number of aromatic amines is 1. The van der Waals surface area contributed by atoms with Gasteiger partial charge in [-0.2, -0.15) is 13.2 Å². The van der Waals surface area contributed by atoms with E-state index in [9.17, 15) is 18.0 Å². The number of ether oxygens (including phenoxy) is 1. The lowest BCUT2D eigenvalue weighted by atomic mass is 10.1. The van der Waals surface area contributed by atoms with Crippen LogP contribution in [0.5, 0.6) is 5.75 Å². The Balaban J connectivity index is 1.87. The van der Waals surface area contributed by atoms with Crippen molar-refractivity contribution in [3.05, 3.63) is 70.3 Å². The molecular formula is C22H15F3N4O3. The normalized spacial score (nSPS) is 12.0. The first kappa shape index (κ1) is 19.9. The fourth-order valence-electron chi connectivity index (χ4n) is 3.73. The quantitative estimate of drug-likeness (QED) is 0.434. The van der Waals surface area contributed by atoms with Crippen LogP contribution in [0, 0.1) is 6.92 Å². The molecule has 2 aromatic carbocycles. The van der Waals surface area contributed by atoms with Gasteiger partial charge in [-0.3, -0.25) is 9.89 Å². The Morgan fingerprint density at radius 1 is 1.03 bits per heavy atom. The standard InChI is InChI=1S/C22H15F3N4O3/c1-11-15(12-7-4-3-5-8-12)19-27-18(22(23,24)25)16(21(30)29(19)28-11)20-26-17-13(31-2)9-6-10-14(17)32-20/h3-10,28H,1-2H3. The van der Waals surface area contributed by atoms with Crippen molar-refractivity contribution in [2.75, 3.05) is 7.11 Å². The smallest absolute Gasteiger partial charge is 0.434 e. The second-order valence-electron chi connectivity index (χ2n) is 7.10. The number of hydrogen-bond donors (Lipinski definition) is 1. The van der Waals surface area contributed by atoms with Gasteiger partial charge in [0.05, 0.1) is 7.11 Å². The molecule has 0 saturated carbocycles. The monoisotopic (exact) mass is 440 g/mol. The molecule has 0 saturated heterocycles. The first-order valence-electron chi connectivity index (χ1n) is 9.51. The molecule has 0 spiro atoms. The van der Waals surface area contributed by atoms with E-state index in [1.165, 1.54) is 13.2 Å². The van der Waals surface area contributed by atoms with E-state index in [1.54, 1.807) is 49.4 Å². The van der Waals surface area contributed by atoms with E-state index in [-0.39, 0.29) is 16.7 Å². The Bertz CT molecular complexity index is 1530. The summed E-state index contributed by atoms with van der Waals surface area (Å²) in [5.74, 6) is -0.181. The number of nitrogens with zero attached hydrogens (tertiary/aromatic N) is 3. The summed E-state index contributed by atoms with van der Waals surface area (Å²) in [6, 6.07) is 13.5. The summed E-state index contributed by atoms with van der Waals surface area (Å²) in [6.07, 6.45) is -4.92. The molecule has 0 bridgehead atoms. The molecule has 5 rings (SSSR count). The summed E-state index contributed by atoms with van der Waals surface area (Å²) in [6.45, 7) is 1.66. The first-order valence-corrected chi connectivity index (χ1v) is 9.51. The van der Waals surface area contributed by atoms with Crippen LogP contribution in [0.4, 0.5) is 13.2 Å². The van der Waals surface area contributed by atoms with E-state index >= 15 is 0 Å². The van der Waals surface area contributed by atoms with E-state index in [1.807, 2.05) is 0 Å².